The molecule has 0 unspecified atom stereocenters. The van der Waals surface area contributed by atoms with E-state index in [1.807, 2.05) is 0 Å². The average Bonchev–Trinajstić information content (AvgIpc) is 2.28. The number of hydrogen-bond acceptors (Lipinski definition) is 3. The Balaban J connectivity index is 2.27. The smallest absolute Gasteiger partial charge is 0.316 e. The van der Waals surface area contributed by atoms with Gasteiger partial charge in [-0.1, -0.05) is 27.7 Å². The van der Waals surface area contributed by atoms with Gasteiger partial charge in [-0.25, -0.2) is 0 Å². The van der Waals surface area contributed by atoms with Gasteiger partial charge in [0.15, 0.2) is 0 Å². The SMILES string of the molecule is CC(C)CNCC(C)(C)CN1CCN(CC(F)(F)F)CC1. The molecule has 6 heteroatoms. The first-order valence-corrected chi connectivity index (χ1v) is 7.80. The van der Waals surface area contributed by atoms with Crippen LogP contribution in [0.2, 0.25) is 0 Å². The molecule has 0 aromatic heterocycles. The van der Waals surface area contributed by atoms with Crippen LogP contribution in [0, 0.1) is 11.3 Å². The summed E-state index contributed by atoms with van der Waals surface area (Å²) in [7, 11) is 0. The van der Waals surface area contributed by atoms with Crippen molar-refractivity contribution < 1.29 is 13.2 Å². The maximum Gasteiger partial charge on any atom is 0.401 e. The molecule has 1 N–H and O–H groups in total. The minimum Gasteiger partial charge on any atom is -0.316 e. The van der Waals surface area contributed by atoms with Crippen LogP contribution in [0.4, 0.5) is 13.2 Å². The zero-order valence-corrected chi connectivity index (χ0v) is 13.8. The van der Waals surface area contributed by atoms with Crippen LogP contribution in [0.25, 0.3) is 0 Å². The minimum atomic E-state index is -4.08. The third-order valence-corrected chi connectivity index (χ3v) is 3.68. The summed E-state index contributed by atoms with van der Waals surface area (Å²) < 4.78 is 37.0. The molecule has 1 aliphatic rings. The number of nitrogens with zero attached hydrogens (tertiary/aromatic N) is 2. The van der Waals surface area contributed by atoms with Crippen LogP contribution in [0.15, 0.2) is 0 Å². The van der Waals surface area contributed by atoms with Gasteiger partial charge in [-0.3, -0.25) is 4.90 Å². The quantitative estimate of drug-likeness (QED) is 0.779. The first-order chi connectivity index (χ1) is 9.57. The van der Waals surface area contributed by atoms with Gasteiger partial charge >= 0.3 is 6.18 Å². The number of nitrogens with one attached hydrogen (secondary N) is 1. The molecule has 0 saturated carbocycles. The Morgan fingerprint density at radius 3 is 1.86 bits per heavy atom. The Morgan fingerprint density at radius 1 is 0.952 bits per heavy atom. The van der Waals surface area contributed by atoms with Gasteiger partial charge in [0.1, 0.15) is 0 Å². The van der Waals surface area contributed by atoms with E-state index in [0.717, 1.165) is 32.7 Å². The lowest BCUT2D eigenvalue weighted by Crippen LogP contribution is -2.52. The predicted molar refractivity (Wildman–Crippen MR) is 80.4 cm³/mol. The van der Waals surface area contributed by atoms with Gasteiger partial charge in [0, 0.05) is 39.3 Å². The molecule has 21 heavy (non-hydrogen) atoms. The van der Waals surface area contributed by atoms with E-state index >= 15 is 0 Å². The van der Waals surface area contributed by atoms with E-state index in [1.165, 1.54) is 4.90 Å². The van der Waals surface area contributed by atoms with E-state index in [4.69, 9.17) is 0 Å². The zero-order chi connectivity index (χ0) is 16.1. The van der Waals surface area contributed by atoms with Crippen LogP contribution >= 0.6 is 0 Å². The monoisotopic (exact) mass is 309 g/mol. The molecule has 1 aliphatic heterocycles. The maximum absolute atomic E-state index is 12.3. The molecule has 0 spiro atoms. The highest BCUT2D eigenvalue weighted by Gasteiger charge is 2.32. The summed E-state index contributed by atoms with van der Waals surface area (Å²) in [5, 5.41) is 3.47. The van der Waals surface area contributed by atoms with Gasteiger partial charge in [-0.05, 0) is 17.9 Å². The van der Waals surface area contributed by atoms with Gasteiger partial charge in [-0.15, -0.1) is 0 Å². The molecule has 0 bridgehead atoms. The Morgan fingerprint density at radius 2 is 1.43 bits per heavy atom. The number of hydrogen-bond donors (Lipinski definition) is 1. The highest BCUT2D eigenvalue weighted by atomic mass is 19.4. The fourth-order valence-corrected chi connectivity index (χ4v) is 2.72. The van der Waals surface area contributed by atoms with Crippen molar-refractivity contribution >= 4 is 0 Å². The summed E-state index contributed by atoms with van der Waals surface area (Å²) in [5.41, 5.74) is 0.140. The Kier molecular flexibility index (Phi) is 6.94. The highest BCUT2D eigenvalue weighted by molar-refractivity contribution is 4.81. The lowest BCUT2D eigenvalue weighted by Gasteiger charge is -2.39. The summed E-state index contributed by atoms with van der Waals surface area (Å²) >= 11 is 0. The number of halogens is 3. The average molecular weight is 309 g/mol. The van der Waals surface area contributed by atoms with Gasteiger partial charge in [0.05, 0.1) is 6.54 Å². The first kappa shape index (κ1) is 18.7. The molecule has 1 heterocycles. The van der Waals surface area contributed by atoms with Crippen molar-refractivity contribution in [3.05, 3.63) is 0 Å². The van der Waals surface area contributed by atoms with E-state index < -0.39 is 12.7 Å². The topological polar surface area (TPSA) is 18.5 Å². The molecule has 0 aromatic rings. The molecule has 126 valence electrons. The first-order valence-electron chi connectivity index (χ1n) is 7.80. The van der Waals surface area contributed by atoms with Crippen molar-refractivity contribution in [2.75, 3.05) is 52.4 Å². The van der Waals surface area contributed by atoms with Crippen LogP contribution in [0.3, 0.4) is 0 Å². The van der Waals surface area contributed by atoms with Crippen molar-refractivity contribution in [1.82, 2.24) is 15.1 Å². The Hall–Kier alpha value is -0.330. The Bertz CT molecular complexity index is 295. The highest BCUT2D eigenvalue weighted by Crippen LogP contribution is 2.20. The molecule has 3 nitrogen and oxygen atoms in total. The molecule has 0 atom stereocenters. The lowest BCUT2D eigenvalue weighted by molar-refractivity contribution is -0.149. The minimum absolute atomic E-state index is 0.140. The Labute approximate surface area is 126 Å². The van der Waals surface area contributed by atoms with E-state index in [0.29, 0.717) is 19.0 Å². The zero-order valence-electron chi connectivity index (χ0n) is 13.8. The second-order valence-electron chi connectivity index (χ2n) is 7.36. The van der Waals surface area contributed by atoms with Crippen molar-refractivity contribution in [2.45, 2.75) is 33.9 Å². The van der Waals surface area contributed by atoms with Crippen molar-refractivity contribution in [3.63, 3.8) is 0 Å². The van der Waals surface area contributed by atoms with Crippen LogP contribution in [0.5, 0.6) is 0 Å². The molecule has 0 radical (unpaired) electrons. The number of piperazine rings is 1. The second kappa shape index (κ2) is 7.79. The fourth-order valence-electron chi connectivity index (χ4n) is 2.72. The summed E-state index contributed by atoms with van der Waals surface area (Å²) in [6.45, 7) is 13.3. The molecule has 0 aromatic carbocycles. The van der Waals surface area contributed by atoms with Crippen molar-refractivity contribution in [3.8, 4) is 0 Å². The van der Waals surface area contributed by atoms with Gasteiger partial charge < -0.3 is 10.2 Å². The molecule has 0 aliphatic carbocycles. The summed E-state index contributed by atoms with van der Waals surface area (Å²) in [6, 6.07) is 0. The standard InChI is InChI=1S/C15H30F3N3/c1-13(2)9-19-10-14(3,4)11-20-5-7-21(8-6-20)12-15(16,17)18/h13,19H,5-12H2,1-4H3. The molecular formula is C15H30F3N3. The number of rotatable bonds is 7. The van der Waals surface area contributed by atoms with Gasteiger partial charge in [0.25, 0.3) is 0 Å². The van der Waals surface area contributed by atoms with Crippen LogP contribution in [-0.2, 0) is 0 Å². The molecule has 1 saturated heterocycles. The predicted octanol–water partition coefficient (Wildman–Crippen LogP) is 2.44. The normalized spacial score (nSPS) is 19.4. The molecular weight excluding hydrogens is 279 g/mol. The maximum atomic E-state index is 12.3. The van der Waals surface area contributed by atoms with Crippen LogP contribution in [-0.4, -0.2) is 68.3 Å². The largest absolute Gasteiger partial charge is 0.401 e. The lowest BCUT2D eigenvalue weighted by atomic mass is 9.92. The molecule has 1 fully saturated rings. The molecule has 0 amide bonds. The molecule has 1 rings (SSSR count). The van der Waals surface area contributed by atoms with E-state index in [-0.39, 0.29) is 5.41 Å². The second-order valence-corrected chi connectivity index (χ2v) is 7.36. The van der Waals surface area contributed by atoms with Crippen LogP contribution in [0.1, 0.15) is 27.7 Å². The van der Waals surface area contributed by atoms with E-state index in [9.17, 15) is 13.2 Å². The van der Waals surface area contributed by atoms with Gasteiger partial charge in [0.2, 0.25) is 0 Å². The van der Waals surface area contributed by atoms with E-state index in [2.05, 4.69) is 37.9 Å². The van der Waals surface area contributed by atoms with Crippen molar-refractivity contribution in [1.29, 1.82) is 0 Å². The number of alkyl halides is 3. The van der Waals surface area contributed by atoms with Crippen LogP contribution < -0.4 is 5.32 Å². The van der Waals surface area contributed by atoms with Crippen molar-refractivity contribution in [2.24, 2.45) is 11.3 Å². The van der Waals surface area contributed by atoms with Gasteiger partial charge in [-0.2, -0.15) is 13.2 Å². The third-order valence-electron chi connectivity index (χ3n) is 3.68. The van der Waals surface area contributed by atoms with E-state index in [1.54, 1.807) is 0 Å². The fraction of sp³-hybridized carbons (Fsp3) is 1.00. The summed E-state index contributed by atoms with van der Waals surface area (Å²) in [5.74, 6) is 0.631. The summed E-state index contributed by atoms with van der Waals surface area (Å²) in [6.07, 6.45) is -4.08. The summed E-state index contributed by atoms with van der Waals surface area (Å²) in [4.78, 5) is 3.78. The third kappa shape index (κ3) is 8.63.